The lowest BCUT2D eigenvalue weighted by Crippen LogP contribution is -2.38. The maximum absolute atomic E-state index is 13.9. The van der Waals surface area contributed by atoms with Crippen molar-refractivity contribution in [2.45, 2.75) is 82.9 Å². The van der Waals surface area contributed by atoms with E-state index in [2.05, 4.69) is 25.7 Å². The number of imidazole rings is 1. The Morgan fingerprint density at radius 2 is 1.74 bits per heavy atom. The maximum atomic E-state index is 13.9. The summed E-state index contributed by atoms with van der Waals surface area (Å²) in [7, 11) is 0. The molecule has 1 fully saturated rings. The van der Waals surface area contributed by atoms with Crippen LogP contribution in [0.2, 0.25) is 0 Å². The SMILES string of the molecule is C[C@@H](NC(=O)C[C@H](C)C(F)(F)F)c1ccc2nc([C@@H](NC(=O)c3ccnn3CC(F)(F)F)C3CCC(F)(F)CC3)[nH]c2c1. The standard InChI is InChI=1S/C27H30F8N6O2/c1-14(27(33,34)35)11-21(42)37-15(2)17-3-4-18-19(12-17)39-23(38-18)22(16-5-8-25(28,29)9-6-16)40-24(43)20-7-10-36-41(20)13-26(30,31)32/h3-4,7,10,12,14-16,22H,5-6,8-9,11,13H2,1-2H3,(H,37,42)(H,38,39)(H,40,43)/t14-,15+,22-/m0/s1. The van der Waals surface area contributed by atoms with Crippen molar-refractivity contribution in [1.29, 1.82) is 0 Å². The van der Waals surface area contributed by atoms with E-state index in [-0.39, 0.29) is 24.4 Å². The summed E-state index contributed by atoms with van der Waals surface area (Å²) in [4.78, 5) is 32.8. The maximum Gasteiger partial charge on any atom is 0.408 e. The molecule has 0 radical (unpaired) electrons. The first kappa shape index (κ1) is 32.2. The highest BCUT2D eigenvalue weighted by Crippen LogP contribution is 2.41. The summed E-state index contributed by atoms with van der Waals surface area (Å²) in [5, 5.41) is 8.76. The highest BCUT2D eigenvalue weighted by molar-refractivity contribution is 5.92. The highest BCUT2D eigenvalue weighted by atomic mass is 19.4. The molecule has 0 saturated heterocycles. The van der Waals surface area contributed by atoms with Gasteiger partial charge in [0.15, 0.2) is 0 Å². The quantitative estimate of drug-likeness (QED) is 0.241. The van der Waals surface area contributed by atoms with Crippen molar-refractivity contribution in [2.75, 3.05) is 0 Å². The number of amides is 2. The number of nitrogens with one attached hydrogen (secondary N) is 3. The Hall–Kier alpha value is -3.72. The first-order valence-electron chi connectivity index (χ1n) is 13.5. The molecule has 2 heterocycles. The third kappa shape index (κ3) is 8.22. The summed E-state index contributed by atoms with van der Waals surface area (Å²) < 4.78 is 106. The number of rotatable bonds is 9. The van der Waals surface area contributed by atoms with E-state index in [4.69, 9.17) is 0 Å². The summed E-state index contributed by atoms with van der Waals surface area (Å²) in [6.45, 7) is 0.999. The molecule has 236 valence electrons. The Labute approximate surface area is 240 Å². The molecule has 2 aromatic heterocycles. The smallest absolute Gasteiger partial charge is 0.350 e. The average molecular weight is 623 g/mol. The van der Waals surface area contributed by atoms with Gasteiger partial charge in [0.1, 0.15) is 18.1 Å². The van der Waals surface area contributed by atoms with Crippen LogP contribution in [0.3, 0.4) is 0 Å². The van der Waals surface area contributed by atoms with Crippen LogP contribution >= 0.6 is 0 Å². The van der Waals surface area contributed by atoms with E-state index in [0.29, 0.717) is 21.3 Å². The first-order chi connectivity index (χ1) is 19.9. The van der Waals surface area contributed by atoms with Crippen LogP contribution in [0.15, 0.2) is 30.5 Å². The van der Waals surface area contributed by atoms with Gasteiger partial charge in [0, 0.05) is 25.5 Å². The third-order valence-corrected chi connectivity index (χ3v) is 7.54. The molecule has 3 aromatic rings. The zero-order valence-corrected chi connectivity index (χ0v) is 23.1. The van der Waals surface area contributed by atoms with Gasteiger partial charge in [-0.3, -0.25) is 14.3 Å². The summed E-state index contributed by atoms with van der Waals surface area (Å²) >= 11 is 0. The number of alkyl halides is 8. The minimum absolute atomic E-state index is 0.0153. The van der Waals surface area contributed by atoms with Crippen LogP contribution < -0.4 is 10.6 Å². The summed E-state index contributed by atoms with van der Waals surface area (Å²) in [6, 6.07) is 4.27. The van der Waals surface area contributed by atoms with E-state index in [1.807, 2.05) is 0 Å². The van der Waals surface area contributed by atoms with Crippen LogP contribution in [0, 0.1) is 11.8 Å². The van der Waals surface area contributed by atoms with Gasteiger partial charge >= 0.3 is 12.4 Å². The van der Waals surface area contributed by atoms with Crippen molar-refractivity contribution in [3.63, 3.8) is 0 Å². The molecule has 0 spiro atoms. The summed E-state index contributed by atoms with van der Waals surface area (Å²) in [6.07, 6.45) is -9.70. The predicted molar refractivity (Wildman–Crippen MR) is 138 cm³/mol. The van der Waals surface area contributed by atoms with Crippen LogP contribution in [0.25, 0.3) is 11.0 Å². The number of aromatic amines is 1. The molecule has 1 aliphatic carbocycles. The van der Waals surface area contributed by atoms with Crippen LogP contribution in [0.4, 0.5) is 35.1 Å². The Kier molecular flexibility index (Phi) is 9.07. The van der Waals surface area contributed by atoms with Crippen molar-refractivity contribution in [3.8, 4) is 0 Å². The van der Waals surface area contributed by atoms with Crippen LogP contribution in [-0.2, 0) is 11.3 Å². The number of aromatic nitrogens is 4. The molecule has 1 saturated carbocycles. The molecular weight excluding hydrogens is 592 g/mol. The summed E-state index contributed by atoms with van der Waals surface area (Å²) in [5.41, 5.74) is 1.00. The molecule has 43 heavy (non-hydrogen) atoms. The number of hydrogen-bond donors (Lipinski definition) is 3. The second-order valence-electron chi connectivity index (χ2n) is 11.0. The van der Waals surface area contributed by atoms with Crippen molar-refractivity contribution < 1.29 is 44.7 Å². The van der Waals surface area contributed by atoms with E-state index in [0.717, 1.165) is 19.2 Å². The van der Waals surface area contributed by atoms with Gasteiger partial charge in [-0.05, 0) is 49.4 Å². The van der Waals surface area contributed by atoms with Gasteiger partial charge in [0.2, 0.25) is 11.8 Å². The fourth-order valence-corrected chi connectivity index (χ4v) is 5.08. The highest BCUT2D eigenvalue weighted by Gasteiger charge is 2.40. The van der Waals surface area contributed by atoms with Crippen molar-refractivity contribution in [3.05, 3.63) is 47.5 Å². The minimum atomic E-state index is -4.64. The van der Waals surface area contributed by atoms with Gasteiger partial charge in [-0.1, -0.05) is 13.0 Å². The van der Waals surface area contributed by atoms with Crippen LogP contribution in [0.5, 0.6) is 0 Å². The molecule has 1 aliphatic rings. The number of benzene rings is 1. The fraction of sp³-hybridized carbons (Fsp3) is 0.556. The largest absolute Gasteiger partial charge is 0.408 e. The van der Waals surface area contributed by atoms with Gasteiger partial charge in [-0.15, -0.1) is 0 Å². The average Bonchev–Trinajstić information content (AvgIpc) is 3.52. The molecule has 1 aromatic carbocycles. The zero-order chi connectivity index (χ0) is 31.7. The molecular formula is C27H30F8N6O2. The van der Waals surface area contributed by atoms with Crippen LogP contribution in [-0.4, -0.2) is 49.8 Å². The van der Waals surface area contributed by atoms with Crippen molar-refractivity contribution in [1.82, 2.24) is 30.4 Å². The zero-order valence-electron chi connectivity index (χ0n) is 23.1. The second kappa shape index (κ2) is 12.1. The van der Waals surface area contributed by atoms with Gasteiger partial charge in [0.25, 0.3) is 5.91 Å². The first-order valence-corrected chi connectivity index (χ1v) is 13.5. The fourth-order valence-electron chi connectivity index (χ4n) is 5.08. The van der Waals surface area contributed by atoms with Gasteiger partial charge < -0.3 is 15.6 Å². The molecule has 3 N–H and O–H groups in total. The lowest BCUT2D eigenvalue weighted by molar-refractivity contribution is -0.174. The number of carbonyl (C=O) groups excluding carboxylic acids is 2. The summed E-state index contributed by atoms with van der Waals surface area (Å²) in [5.74, 6) is -6.71. The number of carbonyl (C=O) groups is 2. The molecule has 0 unspecified atom stereocenters. The molecule has 0 aliphatic heterocycles. The van der Waals surface area contributed by atoms with Gasteiger partial charge in [-0.2, -0.15) is 31.4 Å². The van der Waals surface area contributed by atoms with E-state index in [1.165, 1.54) is 0 Å². The van der Waals surface area contributed by atoms with Crippen molar-refractivity contribution in [2.24, 2.45) is 11.8 Å². The Morgan fingerprint density at radius 3 is 2.37 bits per heavy atom. The number of nitrogens with zero attached hydrogens (tertiary/aromatic N) is 3. The normalized spacial score (nSPS) is 18.3. The Morgan fingerprint density at radius 1 is 1.07 bits per heavy atom. The molecule has 16 heteroatoms. The van der Waals surface area contributed by atoms with E-state index < -0.39 is 79.8 Å². The molecule has 3 atom stereocenters. The molecule has 4 rings (SSSR count). The lowest BCUT2D eigenvalue weighted by atomic mass is 9.81. The van der Waals surface area contributed by atoms with Crippen LogP contribution in [0.1, 0.15) is 79.9 Å². The Balaban J connectivity index is 1.57. The molecule has 0 bridgehead atoms. The minimum Gasteiger partial charge on any atom is -0.350 e. The van der Waals surface area contributed by atoms with E-state index in [9.17, 15) is 44.7 Å². The lowest BCUT2D eigenvalue weighted by Gasteiger charge is -2.33. The molecule has 2 amide bonds. The monoisotopic (exact) mass is 622 g/mol. The number of hydrogen-bond acceptors (Lipinski definition) is 4. The van der Waals surface area contributed by atoms with Gasteiger partial charge in [0.05, 0.1) is 29.0 Å². The third-order valence-electron chi connectivity index (χ3n) is 7.54. The number of H-pyrrole nitrogens is 1. The topological polar surface area (TPSA) is 105 Å². The Bertz CT molecular complexity index is 1440. The number of halogens is 8. The van der Waals surface area contributed by atoms with E-state index >= 15 is 0 Å². The molecule has 8 nitrogen and oxygen atoms in total. The van der Waals surface area contributed by atoms with Gasteiger partial charge in [-0.25, -0.2) is 13.8 Å². The predicted octanol–water partition coefficient (Wildman–Crippen LogP) is 6.38. The van der Waals surface area contributed by atoms with E-state index in [1.54, 1.807) is 25.1 Å². The second-order valence-corrected chi connectivity index (χ2v) is 11.0. The van der Waals surface area contributed by atoms with Crippen molar-refractivity contribution >= 4 is 22.8 Å². The number of fused-ring (bicyclic) bond motifs is 1.